The van der Waals surface area contributed by atoms with Gasteiger partial charge in [-0.1, -0.05) is 6.07 Å². The minimum atomic E-state index is -0.405. The van der Waals surface area contributed by atoms with Gasteiger partial charge in [0.15, 0.2) is 13.1 Å². The number of methoxy groups -OCH3 is 1. The van der Waals surface area contributed by atoms with Gasteiger partial charge in [-0.2, -0.15) is 0 Å². The number of quaternary nitrogens is 1. The summed E-state index contributed by atoms with van der Waals surface area (Å²) in [5, 5.41) is 2.66. The lowest BCUT2D eigenvalue weighted by molar-refractivity contribution is -0.862. The first-order valence-corrected chi connectivity index (χ1v) is 9.98. The molecule has 1 aliphatic rings. The molecule has 2 aromatic carbocycles. The van der Waals surface area contributed by atoms with Crippen LogP contribution in [-0.2, 0) is 9.59 Å². The molecule has 1 fully saturated rings. The molecule has 30 heavy (non-hydrogen) atoms. The van der Waals surface area contributed by atoms with Crippen LogP contribution in [0.1, 0.15) is 0 Å². The first-order chi connectivity index (χ1) is 14.4. The van der Waals surface area contributed by atoms with Crippen LogP contribution < -0.4 is 19.9 Å². The largest absolute Gasteiger partial charge is 0.497 e. The van der Waals surface area contributed by atoms with E-state index in [9.17, 15) is 14.0 Å². The number of hydrogen-bond acceptors (Lipinski definition) is 4. The molecule has 0 aromatic heterocycles. The standard InChI is InChI=1S/C22H27FN4O3/c1-25(15-21(28)24-18-5-3-4-17(23)14-18)16-22(29)27-12-10-26(11-13-27)19-6-8-20(30-2)9-7-19/h3-9,14H,10-13,15-16H2,1-2H3,(H,24,28)/p+1. The third-order valence-electron chi connectivity index (χ3n) is 5.09. The molecule has 0 radical (unpaired) electrons. The average Bonchev–Trinajstić information content (AvgIpc) is 2.73. The zero-order valence-corrected chi connectivity index (χ0v) is 17.4. The van der Waals surface area contributed by atoms with Gasteiger partial charge in [0.05, 0.1) is 14.2 Å². The second-order valence-electron chi connectivity index (χ2n) is 7.44. The molecule has 8 heteroatoms. The van der Waals surface area contributed by atoms with Crippen LogP contribution in [0.3, 0.4) is 0 Å². The molecule has 1 aliphatic heterocycles. The smallest absolute Gasteiger partial charge is 0.279 e. The van der Waals surface area contributed by atoms with Crippen molar-refractivity contribution in [1.82, 2.24) is 4.90 Å². The van der Waals surface area contributed by atoms with Crippen molar-refractivity contribution in [2.45, 2.75) is 0 Å². The highest BCUT2D eigenvalue weighted by molar-refractivity contribution is 5.91. The molecule has 7 nitrogen and oxygen atoms in total. The number of rotatable bonds is 7. The van der Waals surface area contributed by atoms with Crippen molar-refractivity contribution in [3.63, 3.8) is 0 Å². The van der Waals surface area contributed by atoms with Crippen molar-refractivity contribution in [3.8, 4) is 5.75 Å². The zero-order chi connectivity index (χ0) is 21.5. The Hall–Kier alpha value is -3.13. The number of likely N-dealkylation sites (N-methyl/N-ethyl adjacent to an activating group) is 1. The van der Waals surface area contributed by atoms with Gasteiger partial charge >= 0.3 is 0 Å². The molecule has 2 N–H and O–H groups in total. The summed E-state index contributed by atoms with van der Waals surface area (Å²) < 4.78 is 18.4. The summed E-state index contributed by atoms with van der Waals surface area (Å²) in [5.74, 6) is 0.188. The molecule has 0 bridgehead atoms. The van der Waals surface area contributed by atoms with E-state index in [1.165, 1.54) is 18.2 Å². The van der Waals surface area contributed by atoms with E-state index < -0.39 is 5.82 Å². The van der Waals surface area contributed by atoms with Crippen molar-refractivity contribution in [1.29, 1.82) is 0 Å². The zero-order valence-electron chi connectivity index (χ0n) is 17.4. The molecule has 2 aromatic rings. The molecule has 1 atom stereocenters. The summed E-state index contributed by atoms with van der Waals surface area (Å²) in [4.78, 5) is 29.6. The number of nitrogens with zero attached hydrogens (tertiary/aromatic N) is 2. The SMILES string of the molecule is COc1ccc(N2CCN(C(=O)C[NH+](C)CC(=O)Nc3cccc(F)c3)CC2)cc1. The fraction of sp³-hybridized carbons (Fsp3) is 0.364. The van der Waals surface area contributed by atoms with E-state index in [1.54, 1.807) is 20.2 Å². The summed E-state index contributed by atoms with van der Waals surface area (Å²) in [6.07, 6.45) is 0. The minimum absolute atomic E-state index is 0.0282. The Bertz CT molecular complexity index is 867. The first kappa shape index (κ1) is 21.6. The molecule has 0 saturated carbocycles. The fourth-order valence-corrected chi connectivity index (χ4v) is 3.49. The van der Waals surface area contributed by atoms with Gasteiger partial charge in [-0.25, -0.2) is 4.39 Å². The molecule has 0 aliphatic carbocycles. The predicted octanol–water partition coefficient (Wildman–Crippen LogP) is 0.636. The summed E-state index contributed by atoms with van der Waals surface area (Å²) >= 11 is 0. The lowest BCUT2D eigenvalue weighted by Crippen LogP contribution is -3.11. The van der Waals surface area contributed by atoms with Crippen LogP contribution in [0.25, 0.3) is 0 Å². The molecule has 3 rings (SSSR count). The van der Waals surface area contributed by atoms with Crippen LogP contribution in [0, 0.1) is 5.82 Å². The number of ether oxygens (including phenoxy) is 1. The monoisotopic (exact) mass is 415 g/mol. The molecule has 160 valence electrons. The third-order valence-corrected chi connectivity index (χ3v) is 5.09. The minimum Gasteiger partial charge on any atom is -0.497 e. The second-order valence-corrected chi connectivity index (χ2v) is 7.44. The molecule has 1 heterocycles. The quantitative estimate of drug-likeness (QED) is 0.697. The molecular formula is C22H28FN4O3+. The van der Waals surface area contributed by atoms with Crippen LogP contribution in [0.4, 0.5) is 15.8 Å². The van der Waals surface area contributed by atoms with Crippen LogP contribution in [0.2, 0.25) is 0 Å². The first-order valence-electron chi connectivity index (χ1n) is 9.98. The average molecular weight is 415 g/mol. The summed E-state index contributed by atoms with van der Waals surface area (Å²) in [6, 6.07) is 13.7. The van der Waals surface area contributed by atoms with Crippen molar-refractivity contribution in [2.75, 3.05) is 63.6 Å². The number of halogens is 1. The maximum atomic E-state index is 13.2. The van der Waals surface area contributed by atoms with Gasteiger partial charge in [-0.05, 0) is 42.5 Å². The van der Waals surface area contributed by atoms with Gasteiger partial charge in [0, 0.05) is 37.6 Å². The highest BCUT2D eigenvalue weighted by Gasteiger charge is 2.24. The Balaban J connectivity index is 1.42. The Morgan fingerprint density at radius 3 is 2.40 bits per heavy atom. The number of anilines is 2. The Morgan fingerprint density at radius 1 is 1.07 bits per heavy atom. The Labute approximate surface area is 176 Å². The molecule has 0 spiro atoms. The van der Waals surface area contributed by atoms with Gasteiger partial charge in [0.1, 0.15) is 11.6 Å². The van der Waals surface area contributed by atoms with E-state index in [0.717, 1.165) is 29.4 Å². The van der Waals surface area contributed by atoms with E-state index in [4.69, 9.17) is 4.74 Å². The molecular weight excluding hydrogens is 387 g/mol. The van der Waals surface area contributed by atoms with Crippen molar-refractivity contribution in [2.24, 2.45) is 0 Å². The molecule has 1 saturated heterocycles. The maximum absolute atomic E-state index is 13.2. The Kier molecular flexibility index (Phi) is 7.24. The van der Waals surface area contributed by atoms with Gasteiger partial charge in [0.25, 0.3) is 11.8 Å². The maximum Gasteiger partial charge on any atom is 0.279 e. The fourth-order valence-electron chi connectivity index (χ4n) is 3.49. The van der Waals surface area contributed by atoms with E-state index in [-0.39, 0.29) is 24.9 Å². The number of piperazine rings is 1. The summed E-state index contributed by atoms with van der Waals surface area (Å²) in [6.45, 7) is 3.18. The number of carbonyl (C=O) groups excluding carboxylic acids is 2. The van der Waals surface area contributed by atoms with Gasteiger partial charge < -0.3 is 24.8 Å². The van der Waals surface area contributed by atoms with E-state index >= 15 is 0 Å². The number of benzene rings is 2. The van der Waals surface area contributed by atoms with Gasteiger partial charge in [-0.15, -0.1) is 0 Å². The number of hydrogen-bond donors (Lipinski definition) is 2. The van der Waals surface area contributed by atoms with Crippen molar-refractivity contribution in [3.05, 3.63) is 54.3 Å². The Morgan fingerprint density at radius 2 is 1.77 bits per heavy atom. The van der Waals surface area contributed by atoms with Crippen LogP contribution in [-0.4, -0.2) is 70.1 Å². The topological polar surface area (TPSA) is 66.3 Å². The van der Waals surface area contributed by atoms with Crippen LogP contribution in [0.15, 0.2) is 48.5 Å². The number of carbonyl (C=O) groups is 2. The number of amides is 2. The molecule has 2 amide bonds. The van der Waals surface area contributed by atoms with Crippen LogP contribution in [0.5, 0.6) is 5.75 Å². The highest BCUT2D eigenvalue weighted by Crippen LogP contribution is 2.20. The number of nitrogens with one attached hydrogen (secondary N) is 2. The third kappa shape index (κ3) is 5.93. The van der Waals surface area contributed by atoms with E-state index in [1.807, 2.05) is 29.2 Å². The molecule has 1 unspecified atom stereocenters. The van der Waals surface area contributed by atoms with Gasteiger partial charge in [-0.3, -0.25) is 9.59 Å². The van der Waals surface area contributed by atoms with E-state index in [0.29, 0.717) is 18.8 Å². The highest BCUT2D eigenvalue weighted by atomic mass is 19.1. The van der Waals surface area contributed by atoms with Crippen molar-refractivity contribution >= 4 is 23.2 Å². The lowest BCUT2D eigenvalue weighted by Gasteiger charge is -2.36. The summed E-state index contributed by atoms with van der Waals surface area (Å²) in [5.41, 5.74) is 1.52. The lowest BCUT2D eigenvalue weighted by atomic mass is 10.2. The predicted molar refractivity (Wildman–Crippen MR) is 113 cm³/mol. The van der Waals surface area contributed by atoms with E-state index in [2.05, 4.69) is 10.2 Å². The van der Waals surface area contributed by atoms with Crippen LogP contribution >= 0.6 is 0 Å². The normalized spacial score (nSPS) is 14.9. The summed E-state index contributed by atoms with van der Waals surface area (Å²) in [7, 11) is 3.44. The van der Waals surface area contributed by atoms with Crippen molar-refractivity contribution < 1.29 is 23.6 Å². The van der Waals surface area contributed by atoms with Gasteiger partial charge in [0.2, 0.25) is 0 Å². The second kappa shape index (κ2) is 10.1.